The van der Waals surface area contributed by atoms with E-state index in [9.17, 15) is 10.2 Å². The monoisotopic (exact) mass is 254 g/mol. The van der Waals surface area contributed by atoms with Gasteiger partial charge in [-0.3, -0.25) is 0 Å². The van der Waals surface area contributed by atoms with E-state index in [0.29, 0.717) is 11.1 Å². The van der Waals surface area contributed by atoms with Crippen molar-refractivity contribution in [3.63, 3.8) is 0 Å². The first-order chi connectivity index (χ1) is 9.10. The zero-order valence-corrected chi connectivity index (χ0v) is 10.5. The number of phenols is 2. The van der Waals surface area contributed by atoms with E-state index in [1.807, 2.05) is 6.92 Å². The molecule has 4 heteroatoms. The quantitative estimate of drug-likeness (QED) is 0.735. The fourth-order valence-corrected chi connectivity index (χ4v) is 1.86. The zero-order valence-electron chi connectivity index (χ0n) is 10.5. The molecule has 1 unspecified atom stereocenters. The summed E-state index contributed by atoms with van der Waals surface area (Å²) in [5.74, 6) is 0.243. The first-order valence-electron chi connectivity index (χ1n) is 5.88. The van der Waals surface area contributed by atoms with Crippen LogP contribution in [0.1, 0.15) is 24.1 Å². The van der Waals surface area contributed by atoms with Crippen LogP contribution < -0.4 is 5.32 Å². The van der Waals surface area contributed by atoms with Gasteiger partial charge in [-0.05, 0) is 49.4 Å². The Morgan fingerprint density at radius 1 is 1.11 bits per heavy atom. The van der Waals surface area contributed by atoms with E-state index < -0.39 is 0 Å². The van der Waals surface area contributed by atoms with E-state index >= 15 is 0 Å². The van der Waals surface area contributed by atoms with Crippen molar-refractivity contribution in [2.24, 2.45) is 0 Å². The highest BCUT2D eigenvalue weighted by molar-refractivity contribution is 5.50. The second-order valence-electron chi connectivity index (χ2n) is 4.30. The standard InChI is InChI=1S/C15H14N2O2/c1-10(14-8-13(18)6-7-15(14)19)17-12-4-2-11(9-16)3-5-12/h2-8,10,17-19H,1H3. The number of hydrogen-bond donors (Lipinski definition) is 3. The van der Waals surface area contributed by atoms with Crippen LogP contribution in [0.15, 0.2) is 42.5 Å². The van der Waals surface area contributed by atoms with E-state index in [2.05, 4.69) is 11.4 Å². The lowest BCUT2D eigenvalue weighted by molar-refractivity contribution is 0.451. The number of benzene rings is 2. The number of nitrogens with one attached hydrogen (secondary N) is 1. The Morgan fingerprint density at radius 2 is 1.79 bits per heavy atom. The minimum Gasteiger partial charge on any atom is -0.508 e. The smallest absolute Gasteiger partial charge is 0.121 e. The molecule has 0 aliphatic rings. The molecule has 0 amide bonds. The van der Waals surface area contributed by atoms with E-state index in [1.165, 1.54) is 18.2 Å². The molecule has 3 N–H and O–H groups in total. The number of anilines is 1. The summed E-state index contributed by atoms with van der Waals surface area (Å²) in [5.41, 5.74) is 2.05. The Morgan fingerprint density at radius 3 is 2.42 bits per heavy atom. The first kappa shape index (κ1) is 12.8. The molecule has 2 aromatic carbocycles. The van der Waals surface area contributed by atoms with Gasteiger partial charge in [-0.25, -0.2) is 0 Å². The van der Waals surface area contributed by atoms with Crippen molar-refractivity contribution in [1.29, 1.82) is 5.26 Å². The lowest BCUT2D eigenvalue weighted by Crippen LogP contribution is -2.06. The average molecular weight is 254 g/mol. The molecule has 1 atom stereocenters. The van der Waals surface area contributed by atoms with Crippen LogP contribution >= 0.6 is 0 Å². The Bertz CT molecular complexity index is 615. The Labute approximate surface area is 111 Å². The lowest BCUT2D eigenvalue weighted by Gasteiger charge is -2.17. The first-order valence-corrected chi connectivity index (χ1v) is 5.88. The van der Waals surface area contributed by atoms with Crippen molar-refractivity contribution >= 4 is 5.69 Å². The number of phenolic OH excluding ortho intramolecular Hbond substituents is 2. The summed E-state index contributed by atoms with van der Waals surface area (Å²) in [6, 6.07) is 13.4. The molecule has 4 nitrogen and oxygen atoms in total. The number of rotatable bonds is 3. The molecule has 0 radical (unpaired) electrons. The van der Waals surface area contributed by atoms with Gasteiger partial charge >= 0.3 is 0 Å². The molecule has 2 rings (SSSR count). The second kappa shape index (κ2) is 5.32. The van der Waals surface area contributed by atoms with E-state index in [1.54, 1.807) is 24.3 Å². The number of nitrogens with zero attached hydrogens (tertiary/aromatic N) is 1. The van der Waals surface area contributed by atoms with Crippen LogP contribution in [0.2, 0.25) is 0 Å². The van der Waals surface area contributed by atoms with Crippen LogP contribution in [-0.2, 0) is 0 Å². The molecule has 0 heterocycles. The average Bonchev–Trinajstić information content (AvgIpc) is 2.42. The fraction of sp³-hybridized carbons (Fsp3) is 0.133. The predicted octanol–water partition coefficient (Wildman–Crippen LogP) is 3.14. The summed E-state index contributed by atoms with van der Waals surface area (Å²) in [7, 11) is 0. The Hall–Kier alpha value is -2.67. The van der Waals surface area contributed by atoms with Crippen LogP contribution in [0.3, 0.4) is 0 Å². The van der Waals surface area contributed by atoms with Crippen LogP contribution in [0, 0.1) is 11.3 Å². The van der Waals surface area contributed by atoms with Crippen LogP contribution in [0.4, 0.5) is 5.69 Å². The number of aromatic hydroxyl groups is 2. The minimum atomic E-state index is -0.167. The van der Waals surface area contributed by atoms with Crippen LogP contribution in [-0.4, -0.2) is 10.2 Å². The summed E-state index contributed by atoms with van der Waals surface area (Å²) >= 11 is 0. The highest BCUT2D eigenvalue weighted by Gasteiger charge is 2.11. The maximum absolute atomic E-state index is 9.77. The van der Waals surface area contributed by atoms with Gasteiger partial charge in [0, 0.05) is 11.3 Å². The third kappa shape index (κ3) is 2.96. The molecule has 0 fully saturated rings. The minimum absolute atomic E-state index is 0.112. The van der Waals surface area contributed by atoms with E-state index in [0.717, 1.165) is 5.69 Å². The van der Waals surface area contributed by atoms with E-state index in [4.69, 9.17) is 5.26 Å². The molecule has 0 bridgehead atoms. The van der Waals surface area contributed by atoms with Crippen molar-refractivity contribution in [1.82, 2.24) is 0 Å². The van der Waals surface area contributed by atoms with Gasteiger partial charge in [0.1, 0.15) is 11.5 Å². The summed E-state index contributed by atoms with van der Waals surface area (Å²) in [4.78, 5) is 0. The van der Waals surface area contributed by atoms with Gasteiger partial charge in [0.05, 0.1) is 17.7 Å². The highest BCUT2D eigenvalue weighted by Crippen LogP contribution is 2.29. The van der Waals surface area contributed by atoms with E-state index in [-0.39, 0.29) is 17.5 Å². The SMILES string of the molecule is CC(Nc1ccc(C#N)cc1)c1cc(O)ccc1O. The molecule has 0 saturated carbocycles. The molecular weight excluding hydrogens is 240 g/mol. The number of hydrogen-bond acceptors (Lipinski definition) is 4. The molecule has 2 aromatic rings. The third-order valence-corrected chi connectivity index (χ3v) is 2.87. The van der Waals surface area contributed by atoms with Gasteiger partial charge in [0.2, 0.25) is 0 Å². The van der Waals surface area contributed by atoms with Crippen molar-refractivity contribution in [2.45, 2.75) is 13.0 Å². The fourth-order valence-electron chi connectivity index (χ4n) is 1.86. The zero-order chi connectivity index (χ0) is 13.8. The normalized spacial score (nSPS) is 11.6. The molecule has 96 valence electrons. The molecule has 19 heavy (non-hydrogen) atoms. The summed E-state index contributed by atoms with van der Waals surface area (Å²) < 4.78 is 0. The Kier molecular flexibility index (Phi) is 3.58. The molecule has 0 aliphatic heterocycles. The maximum atomic E-state index is 9.77. The summed E-state index contributed by atoms with van der Waals surface area (Å²) in [6.07, 6.45) is 0. The largest absolute Gasteiger partial charge is 0.508 e. The predicted molar refractivity (Wildman–Crippen MR) is 73.0 cm³/mol. The second-order valence-corrected chi connectivity index (χ2v) is 4.30. The van der Waals surface area contributed by atoms with Crippen molar-refractivity contribution < 1.29 is 10.2 Å². The summed E-state index contributed by atoms with van der Waals surface area (Å²) in [6.45, 7) is 1.88. The molecule has 0 saturated heterocycles. The van der Waals surface area contributed by atoms with Gasteiger partial charge in [-0.2, -0.15) is 5.26 Å². The Balaban J connectivity index is 2.18. The molecular formula is C15H14N2O2. The van der Waals surface area contributed by atoms with Gasteiger partial charge < -0.3 is 15.5 Å². The molecule has 0 aliphatic carbocycles. The summed E-state index contributed by atoms with van der Waals surface area (Å²) in [5, 5.41) is 31.1. The van der Waals surface area contributed by atoms with Gasteiger partial charge in [-0.15, -0.1) is 0 Å². The van der Waals surface area contributed by atoms with Crippen molar-refractivity contribution in [3.8, 4) is 17.6 Å². The lowest BCUT2D eigenvalue weighted by atomic mass is 10.1. The van der Waals surface area contributed by atoms with Crippen molar-refractivity contribution in [2.75, 3.05) is 5.32 Å². The highest BCUT2D eigenvalue weighted by atomic mass is 16.3. The topological polar surface area (TPSA) is 76.3 Å². The van der Waals surface area contributed by atoms with Gasteiger partial charge in [0.25, 0.3) is 0 Å². The third-order valence-electron chi connectivity index (χ3n) is 2.87. The number of nitriles is 1. The molecule has 0 spiro atoms. The maximum Gasteiger partial charge on any atom is 0.121 e. The van der Waals surface area contributed by atoms with Gasteiger partial charge in [0.15, 0.2) is 0 Å². The molecule has 0 aromatic heterocycles. The van der Waals surface area contributed by atoms with Crippen molar-refractivity contribution in [3.05, 3.63) is 53.6 Å². The van der Waals surface area contributed by atoms with Crippen LogP contribution in [0.5, 0.6) is 11.5 Å². The van der Waals surface area contributed by atoms with Gasteiger partial charge in [-0.1, -0.05) is 0 Å². The van der Waals surface area contributed by atoms with Crippen LogP contribution in [0.25, 0.3) is 0 Å².